The van der Waals surface area contributed by atoms with Crippen LogP contribution in [-0.2, 0) is 0 Å². The number of methoxy groups -OCH3 is 1. The number of nitrogens with zero attached hydrogens (tertiary/aromatic N) is 3. The fourth-order valence-electron chi connectivity index (χ4n) is 1.79. The molecule has 0 radical (unpaired) electrons. The van der Waals surface area contributed by atoms with Gasteiger partial charge in [0.1, 0.15) is 5.82 Å². The molecular weight excluding hydrogens is 310 g/mol. The predicted molar refractivity (Wildman–Crippen MR) is 82.8 cm³/mol. The number of alkyl halides is 2. The summed E-state index contributed by atoms with van der Waals surface area (Å²) in [5.74, 6) is -1.25. The Balaban J connectivity index is 2.08. The van der Waals surface area contributed by atoms with Crippen molar-refractivity contribution in [1.82, 2.24) is 15.0 Å². The van der Waals surface area contributed by atoms with E-state index in [9.17, 15) is 8.78 Å². The first kappa shape index (κ1) is 16.5. The van der Waals surface area contributed by atoms with E-state index in [0.29, 0.717) is 35.5 Å². The van der Waals surface area contributed by atoms with E-state index >= 15 is 0 Å². The van der Waals surface area contributed by atoms with Crippen molar-refractivity contribution in [3.05, 3.63) is 17.1 Å². The minimum Gasteiger partial charge on any atom is -0.481 e. The molecule has 0 unspecified atom stereocenters. The zero-order chi connectivity index (χ0) is 16.2. The molecule has 5 nitrogen and oxygen atoms in total. The lowest BCUT2D eigenvalue weighted by atomic mass is 10.2. The summed E-state index contributed by atoms with van der Waals surface area (Å²) in [5.41, 5.74) is 0.895. The van der Waals surface area contributed by atoms with Gasteiger partial charge in [0.05, 0.1) is 7.11 Å². The average Bonchev–Trinajstić information content (AvgIpc) is 2.89. The lowest BCUT2D eigenvalue weighted by molar-refractivity contribution is 0.0119. The van der Waals surface area contributed by atoms with Gasteiger partial charge in [0, 0.05) is 30.1 Å². The van der Waals surface area contributed by atoms with E-state index in [0.717, 1.165) is 12.6 Å². The first-order valence-electron chi connectivity index (χ1n) is 6.84. The van der Waals surface area contributed by atoms with Crippen LogP contribution >= 0.6 is 11.3 Å². The zero-order valence-electron chi connectivity index (χ0n) is 12.7. The number of thiazole rings is 1. The molecule has 2 aromatic heterocycles. The van der Waals surface area contributed by atoms with Gasteiger partial charge in [0.25, 0.3) is 0 Å². The second-order valence-electron chi connectivity index (χ2n) is 5.01. The standard InChI is InChI=1S/C14H18F2N4OS/c1-9-8-22-13(18-9)12-19-10(7-11(20-12)21-3)17-6-4-5-14(2,15)16/h7-8H,4-6H2,1-3H3,(H,17,19,20). The third-order valence-electron chi connectivity index (χ3n) is 2.82. The number of rotatable bonds is 7. The quantitative estimate of drug-likeness (QED) is 0.784. The van der Waals surface area contributed by atoms with Crippen molar-refractivity contribution in [3.8, 4) is 16.7 Å². The summed E-state index contributed by atoms with van der Waals surface area (Å²) >= 11 is 1.44. The van der Waals surface area contributed by atoms with Crippen LogP contribution in [0.2, 0.25) is 0 Å². The van der Waals surface area contributed by atoms with E-state index in [1.165, 1.54) is 18.4 Å². The van der Waals surface area contributed by atoms with Gasteiger partial charge in [-0.3, -0.25) is 0 Å². The van der Waals surface area contributed by atoms with Crippen LogP contribution in [0.4, 0.5) is 14.6 Å². The third-order valence-corrected chi connectivity index (χ3v) is 3.78. The summed E-state index contributed by atoms with van der Waals surface area (Å²) in [5, 5.41) is 5.63. The lowest BCUT2D eigenvalue weighted by Crippen LogP contribution is -2.13. The summed E-state index contributed by atoms with van der Waals surface area (Å²) < 4.78 is 30.7. The van der Waals surface area contributed by atoms with Gasteiger partial charge in [-0.15, -0.1) is 11.3 Å². The Kier molecular flexibility index (Phi) is 5.23. The van der Waals surface area contributed by atoms with Crippen molar-refractivity contribution in [2.75, 3.05) is 19.0 Å². The van der Waals surface area contributed by atoms with Crippen molar-refractivity contribution >= 4 is 17.2 Å². The molecule has 2 aromatic rings. The first-order chi connectivity index (χ1) is 10.4. The summed E-state index contributed by atoms with van der Waals surface area (Å²) in [4.78, 5) is 13.0. The molecule has 0 saturated heterocycles. The van der Waals surface area contributed by atoms with Crippen LogP contribution in [0.5, 0.6) is 5.88 Å². The fraction of sp³-hybridized carbons (Fsp3) is 0.500. The molecule has 0 atom stereocenters. The van der Waals surface area contributed by atoms with Crippen molar-refractivity contribution in [2.45, 2.75) is 32.6 Å². The lowest BCUT2D eigenvalue weighted by Gasteiger charge is -2.11. The van der Waals surface area contributed by atoms with Gasteiger partial charge < -0.3 is 10.1 Å². The zero-order valence-corrected chi connectivity index (χ0v) is 13.5. The van der Waals surface area contributed by atoms with Gasteiger partial charge >= 0.3 is 0 Å². The highest BCUT2D eigenvalue weighted by molar-refractivity contribution is 7.13. The maximum Gasteiger partial charge on any atom is 0.245 e. The number of anilines is 1. The van der Waals surface area contributed by atoms with E-state index in [2.05, 4.69) is 20.3 Å². The van der Waals surface area contributed by atoms with Gasteiger partial charge in [-0.05, 0) is 20.3 Å². The molecule has 0 amide bonds. The third kappa shape index (κ3) is 4.87. The highest BCUT2D eigenvalue weighted by Gasteiger charge is 2.19. The number of nitrogens with one attached hydrogen (secondary N) is 1. The Hall–Kier alpha value is -1.83. The summed E-state index contributed by atoms with van der Waals surface area (Å²) in [6, 6.07) is 1.63. The molecule has 0 aliphatic rings. The Bertz CT molecular complexity index is 628. The predicted octanol–water partition coefficient (Wildman–Crippen LogP) is 3.76. The normalized spacial score (nSPS) is 11.5. The fourth-order valence-corrected chi connectivity index (χ4v) is 2.52. The summed E-state index contributed by atoms with van der Waals surface area (Å²) in [7, 11) is 1.51. The SMILES string of the molecule is COc1cc(NCCCC(C)(F)F)nc(-c2nc(C)cs2)n1. The minimum absolute atomic E-state index is 0.166. The van der Waals surface area contributed by atoms with Crippen LogP contribution in [0, 0.1) is 6.92 Å². The second-order valence-corrected chi connectivity index (χ2v) is 5.87. The van der Waals surface area contributed by atoms with Crippen LogP contribution in [0.1, 0.15) is 25.5 Å². The molecule has 1 N–H and O–H groups in total. The molecule has 0 aromatic carbocycles. The maximum absolute atomic E-state index is 12.8. The monoisotopic (exact) mass is 328 g/mol. The molecule has 120 valence electrons. The molecular formula is C14H18F2N4OS. The van der Waals surface area contributed by atoms with E-state index in [1.807, 2.05) is 12.3 Å². The van der Waals surface area contributed by atoms with E-state index in [-0.39, 0.29) is 6.42 Å². The Morgan fingerprint density at radius 1 is 1.32 bits per heavy atom. The molecule has 0 aliphatic heterocycles. The summed E-state index contributed by atoms with van der Waals surface area (Å²) in [6.07, 6.45) is 0.183. The molecule has 0 spiro atoms. The molecule has 22 heavy (non-hydrogen) atoms. The van der Waals surface area contributed by atoms with Gasteiger partial charge in [-0.2, -0.15) is 4.98 Å². The molecule has 0 fully saturated rings. The summed E-state index contributed by atoms with van der Waals surface area (Å²) in [6.45, 7) is 3.22. The van der Waals surface area contributed by atoms with Gasteiger partial charge in [-0.25, -0.2) is 18.7 Å². The molecule has 2 rings (SSSR count). The van der Waals surface area contributed by atoms with Gasteiger partial charge in [-0.1, -0.05) is 0 Å². The van der Waals surface area contributed by atoms with Crippen LogP contribution in [0.15, 0.2) is 11.4 Å². The van der Waals surface area contributed by atoms with Gasteiger partial charge in [0.15, 0.2) is 10.8 Å². The number of hydrogen-bond acceptors (Lipinski definition) is 6. The number of aromatic nitrogens is 3. The number of ether oxygens (including phenoxy) is 1. The van der Waals surface area contributed by atoms with E-state index in [1.54, 1.807) is 6.07 Å². The highest BCUT2D eigenvalue weighted by Crippen LogP contribution is 2.24. The molecule has 2 heterocycles. The Morgan fingerprint density at radius 3 is 2.68 bits per heavy atom. The number of hydrogen-bond donors (Lipinski definition) is 1. The van der Waals surface area contributed by atoms with Gasteiger partial charge in [0.2, 0.25) is 11.8 Å². The topological polar surface area (TPSA) is 59.9 Å². The van der Waals surface area contributed by atoms with E-state index < -0.39 is 5.92 Å². The highest BCUT2D eigenvalue weighted by atomic mass is 32.1. The molecule has 0 saturated carbocycles. The van der Waals surface area contributed by atoms with Crippen molar-refractivity contribution in [1.29, 1.82) is 0 Å². The van der Waals surface area contributed by atoms with Crippen LogP contribution in [-0.4, -0.2) is 34.5 Å². The van der Waals surface area contributed by atoms with Crippen LogP contribution < -0.4 is 10.1 Å². The smallest absolute Gasteiger partial charge is 0.245 e. The van der Waals surface area contributed by atoms with Crippen molar-refractivity contribution in [3.63, 3.8) is 0 Å². The minimum atomic E-state index is -2.64. The maximum atomic E-state index is 12.8. The van der Waals surface area contributed by atoms with Crippen LogP contribution in [0.3, 0.4) is 0 Å². The number of halogens is 2. The first-order valence-corrected chi connectivity index (χ1v) is 7.72. The van der Waals surface area contributed by atoms with Crippen molar-refractivity contribution in [2.24, 2.45) is 0 Å². The molecule has 0 aliphatic carbocycles. The Morgan fingerprint density at radius 2 is 2.09 bits per heavy atom. The molecule has 8 heteroatoms. The largest absolute Gasteiger partial charge is 0.481 e. The van der Waals surface area contributed by atoms with Crippen LogP contribution in [0.25, 0.3) is 10.8 Å². The molecule has 0 bridgehead atoms. The second kappa shape index (κ2) is 6.95. The Labute approximate surface area is 131 Å². The average molecular weight is 328 g/mol. The van der Waals surface area contributed by atoms with E-state index in [4.69, 9.17) is 4.74 Å². The number of aryl methyl sites for hydroxylation is 1. The van der Waals surface area contributed by atoms with Crippen molar-refractivity contribution < 1.29 is 13.5 Å².